The standard InChI is InChI=1S/C46H54FN9O7S/c1-44(61)13-3-4-35(44)56-39-32(46(14-15-46)41(56)59)24-48-42(51-39)49-28-5-7-29(8-6-28)64(62,63)30-22-45(23-30)16-18-53(19-17-45)20-21-54-25-27(26-54)31-9-10-33-38(37(31)47)52(2)43(60)55(33)34-11-12-36(57)50-40(34)58/h5-10,24,27,30,34-35,61H,3-4,11-23,25-26H2,1-2H3,(H,48,49,51)(H,50,57,58)/t34?,35-,44-/m1/s1. The van der Waals surface area contributed by atoms with Gasteiger partial charge in [0.25, 0.3) is 0 Å². The van der Waals surface area contributed by atoms with Crippen LogP contribution >= 0.6 is 0 Å². The van der Waals surface area contributed by atoms with Gasteiger partial charge in [-0.25, -0.2) is 22.6 Å². The number of hydrogen-bond acceptors (Lipinski definition) is 12. The largest absolute Gasteiger partial charge is 0.388 e. The Morgan fingerprint density at radius 2 is 1.66 bits per heavy atom. The molecule has 16 nitrogen and oxygen atoms in total. The van der Waals surface area contributed by atoms with Crippen molar-refractivity contribution in [3.63, 3.8) is 0 Å². The van der Waals surface area contributed by atoms with Crippen LogP contribution in [-0.2, 0) is 36.7 Å². The van der Waals surface area contributed by atoms with Crippen molar-refractivity contribution in [3.8, 4) is 0 Å². The summed E-state index contributed by atoms with van der Waals surface area (Å²) in [6.45, 7) is 6.74. The lowest BCUT2D eigenvalue weighted by Gasteiger charge is -2.52. The smallest absolute Gasteiger partial charge is 0.329 e. The van der Waals surface area contributed by atoms with Crippen molar-refractivity contribution < 1.29 is 32.3 Å². The first kappa shape index (κ1) is 41.7. The number of anilines is 3. The van der Waals surface area contributed by atoms with E-state index in [1.807, 2.05) is 0 Å². The van der Waals surface area contributed by atoms with E-state index in [0.717, 1.165) is 63.8 Å². The van der Waals surface area contributed by atoms with Crippen LogP contribution in [0.3, 0.4) is 0 Å². The Bertz CT molecular complexity index is 2780. The lowest BCUT2D eigenvalue weighted by molar-refractivity contribution is -0.135. The third-order valence-corrected chi connectivity index (χ3v) is 18.2. The van der Waals surface area contributed by atoms with Crippen LogP contribution in [-0.4, -0.2) is 116 Å². The zero-order valence-corrected chi connectivity index (χ0v) is 37.0. The fraction of sp³-hybridized carbons (Fsp3) is 0.565. The predicted molar refractivity (Wildman–Crippen MR) is 234 cm³/mol. The molecule has 1 unspecified atom stereocenters. The van der Waals surface area contributed by atoms with E-state index < -0.39 is 49.6 Å². The molecule has 338 valence electrons. The van der Waals surface area contributed by atoms with E-state index in [1.54, 1.807) is 54.4 Å². The lowest BCUT2D eigenvalue weighted by atomic mass is 9.63. The monoisotopic (exact) mass is 895 g/mol. The lowest BCUT2D eigenvalue weighted by Crippen LogP contribution is -2.53. The number of halogens is 1. The number of aromatic nitrogens is 4. The number of rotatable bonds is 10. The maximum Gasteiger partial charge on any atom is 0.329 e. The number of aryl methyl sites for hydroxylation is 1. The van der Waals surface area contributed by atoms with E-state index in [0.29, 0.717) is 72.2 Å². The van der Waals surface area contributed by atoms with Gasteiger partial charge in [0.2, 0.25) is 23.7 Å². The van der Waals surface area contributed by atoms with E-state index in [2.05, 4.69) is 25.4 Å². The van der Waals surface area contributed by atoms with Crippen molar-refractivity contribution in [1.82, 2.24) is 34.2 Å². The molecule has 2 aromatic carbocycles. The van der Waals surface area contributed by atoms with Crippen molar-refractivity contribution in [2.45, 2.75) is 117 Å². The van der Waals surface area contributed by atoms with Gasteiger partial charge in [0, 0.05) is 63.0 Å². The van der Waals surface area contributed by atoms with Crippen molar-refractivity contribution in [3.05, 3.63) is 70.0 Å². The molecule has 3 saturated carbocycles. The number of imidazole rings is 1. The quantitative estimate of drug-likeness (QED) is 0.196. The first-order valence-corrected chi connectivity index (χ1v) is 24.3. The third-order valence-electron chi connectivity index (χ3n) is 16.1. The zero-order valence-electron chi connectivity index (χ0n) is 36.2. The molecule has 0 bridgehead atoms. The van der Waals surface area contributed by atoms with Gasteiger partial charge in [-0.2, -0.15) is 4.98 Å². The van der Waals surface area contributed by atoms with Crippen LogP contribution in [0.25, 0.3) is 11.0 Å². The van der Waals surface area contributed by atoms with Gasteiger partial charge in [0.1, 0.15) is 17.4 Å². The SMILES string of the molecule is Cn1c(=O)n(C2CCC(=O)NC2=O)c2ccc(C3CN(CCN4CCC5(CC4)CC(S(=O)(=O)c4ccc(Nc6ncc7c(n6)N([C@@H]6CCC[C@@]6(C)O)C(=O)C76CC6)cc4)C5)C3)c(F)c21. The molecule has 3 N–H and O–H groups in total. The van der Waals surface area contributed by atoms with E-state index in [9.17, 15) is 32.7 Å². The maximum atomic E-state index is 16.0. The second kappa shape index (κ2) is 14.7. The van der Waals surface area contributed by atoms with Gasteiger partial charge in [-0.1, -0.05) is 6.07 Å². The summed E-state index contributed by atoms with van der Waals surface area (Å²) in [4.78, 5) is 67.2. The predicted octanol–water partition coefficient (Wildman–Crippen LogP) is 3.79. The highest BCUT2D eigenvalue weighted by Crippen LogP contribution is 2.58. The first-order chi connectivity index (χ1) is 30.6. The van der Waals surface area contributed by atoms with Gasteiger partial charge < -0.3 is 20.2 Å². The number of imide groups is 1. The van der Waals surface area contributed by atoms with E-state index in [-0.39, 0.29) is 47.5 Å². The third kappa shape index (κ3) is 6.55. The summed E-state index contributed by atoms with van der Waals surface area (Å²) in [5.74, 6) is -0.515. The second-order valence-corrected chi connectivity index (χ2v) is 22.2. The number of hydrogen-bond donors (Lipinski definition) is 3. The highest BCUT2D eigenvalue weighted by molar-refractivity contribution is 7.92. The fourth-order valence-corrected chi connectivity index (χ4v) is 13.9. The molecule has 3 amide bonds. The normalized spacial score (nSPS) is 27.0. The zero-order chi connectivity index (χ0) is 44.5. The summed E-state index contributed by atoms with van der Waals surface area (Å²) >= 11 is 0. The number of piperidine rings is 2. The Morgan fingerprint density at radius 1 is 0.938 bits per heavy atom. The summed E-state index contributed by atoms with van der Waals surface area (Å²) in [6, 6.07) is 8.97. The van der Waals surface area contributed by atoms with Crippen molar-refractivity contribution in [2.75, 3.05) is 49.5 Å². The number of fused-ring (bicyclic) bond motifs is 3. The number of carbonyl (C=O) groups is 3. The minimum Gasteiger partial charge on any atom is -0.388 e. The minimum absolute atomic E-state index is 0.00312. The number of nitrogens with zero attached hydrogens (tertiary/aromatic N) is 7. The fourth-order valence-electron chi connectivity index (χ4n) is 11.9. The topological polar surface area (TPSA) is 192 Å². The number of nitrogens with one attached hydrogen (secondary N) is 2. The van der Waals surface area contributed by atoms with Crippen LogP contribution in [0, 0.1) is 11.2 Å². The summed E-state index contributed by atoms with van der Waals surface area (Å²) in [7, 11) is -2.01. The molecular weight excluding hydrogens is 842 g/mol. The first-order valence-electron chi connectivity index (χ1n) is 22.8. The van der Waals surface area contributed by atoms with Crippen LogP contribution in [0.15, 0.2) is 52.3 Å². The molecular formula is C46H54FN9O7S. The molecule has 7 aliphatic rings. The number of sulfone groups is 1. The number of benzene rings is 2. The van der Waals surface area contributed by atoms with Crippen LogP contribution in [0.5, 0.6) is 0 Å². The van der Waals surface area contributed by atoms with Crippen LogP contribution in [0.2, 0.25) is 0 Å². The van der Waals surface area contributed by atoms with Gasteiger partial charge in [-0.15, -0.1) is 0 Å². The van der Waals surface area contributed by atoms with Gasteiger partial charge in [0.05, 0.1) is 32.7 Å². The van der Waals surface area contributed by atoms with E-state index in [1.165, 1.54) is 16.2 Å². The average Bonchev–Trinajstić information content (AvgIpc) is 3.85. The van der Waals surface area contributed by atoms with Crippen LogP contribution in [0.4, 0.5) is 21.8 Å². The summed E-state index contributed by atoms with van der Waals surface area (Å²) < 4.78 is 46.2. The summed E-state index contributed by atoms with van der Waals surface area (Å²) in [6.07, 6.45) is 8.95. The maximum absolute atomic E-state index is 16.0. The number of aliphatic hydroxyl groups is 1. The van der Waals surface area contributed by atoms with E-state index in [4.69, 9.17) is 4.98 Å². The summed E-state index contributed by atoms with van der Waals surface area (Å²) in [5.41, 5.74) is 0.515. The van der Waals surface area contributed by atoms with Crippen molar-refractivity contribution >= 4 is 56.0 Å². The number of carbonyl (C=O) groups excluding carboxylic acids is 3. The highest BCUT2D eigenvalue weighted by atomic mass is 32.2. The Hall–Kier alpha value is -5.04. The number of likely N-dealkylation sites (tertiary alicyclic amines) is 2. The minimum atomic E-state index is -3.52. The van der Waals surface area contributed by atoms with Gasteiger partial charge >= 0.3 is 5.69 Å². The molecule has 11 rings (SSSR count). The molecule has 0 radical (unpaired) electrons. The highest BCUT2D eigenvalue weighted by Gasteiger charge is 2.63. The average molecular weight is 896 g/mol. The van der Waals surface area contributed by atoms with Gasteiger partial charge in [0.15, 0.2) is 15.7 Å². The summed E-state index contributed by atoms with van der Waals surface area (Å²) in [5, 5.41) is 16.2. The molecule has 4 aromatic rings. The Kier molecular flexibility index (Phi) is 9.59. The molecule has 64 heavy (non-hydrogen) atoms. The number of amides is 3. The molecule has 6 heterocycles. The van der Waals surface area contributed by atoms with Crippen LogP contribution < -0.4 is 21.2 Å². The Balaban J connectivity index is 0.659. The van der Waals surface area contributed by atoms with Gasteiger partial charge in [-0.05, 0) is 126 Å². The van der Waals surface area contributed by atoms with Crippen molar-refractivity contribution in [1.29, 1.82) is 0 Å². The second-order valence-electron chi connectivity index (χ2n) is 20.0. The molecule has 3 atom stereocenters. The van der Waals surface area contributed by atoms with Gasteiger partial charge in [-0.3, -0.25) is 33.7 Å². The molecule has 6 fully saturated rings. The molecule has 2 spiro atoms. The van der Waals surface area contributed by atoms with Crippen molar-refractivity contribution in [2.24, 2.45) is 12.5 Å². The molecule has 3 aliphatic carbocycles. The molecule has 18 heteroatoms. The Labute approximate surface area is 370 Å². The molecule has 2 aromatic heterocycles. The Morgan fingerprint density at radius 3 is 2.33 bits per heavy atom. The van der Waals surface area contributed by atoms with E-state index >= 15 is 4.39 Å². The molecule has 4 aliphatic heterocycles. The van der Waals surface area contributed by atoms with Crippen LogP contribution in [0.1, 0.15) is 101 Å². The molecule has 3 saturated heterocycles.